The van der Waals surface area contributed by atoms with E-state index in [9.17, 15) is 14.0 Å². The lowest BCUT2D eigenvalue weighted by atomic mass is 10.2. The van der Waals surface area contributed by atoms with Gasteiger partial charge in [0.05, 0.1) is 5.39 Å². The summed E-state index contributed by atoms with van der Waals surface area (Å²) < 4.78 is 14.1. The Bertz CT molecular complexity index is 922. The first kappa shape index (κ1) is 15.8. The van der Waals surface area contributed by atoms with Gasteiger partial charge in [-0.25, -0.2) is 9.07 Å². The predicted molar refractivity (Wildman–Crippen MR) is 88.1 cm³/mol. The Morgan fingerprint density at radius 3 is 2.67 bits per heavy atom. The van der Waals surface area contributed by atoms with Crippen molar-refractivity contribution in [1.82, 2.24) is 15.0 Å². The topological polar surface area (TPSA) is 76.9 Å². The highest BCUT2D eigenvalue weighted by molar-refractivity contribution is 5.90. The average Bonchev–Trinajstić information content (AvgIpc) is 2.59. The lowest BCUT2D eigenvalue weighted by molar-refractivity contribution is -0.116. The van der Waals surface area contributed by atoms with E-state index < -0.39 is 0 Å². The molecule has 0 radical (unpaired) electrons. The number of anilines is 1. The standard InChI is InChI=1S/C17H15FN4O2/c18-12-7-9-13(10-8-12)19-16(23)6-3-11-22-17(24)14-4-1-2-5-15(14)20-21-22/h1-2,4-5,7-10H,3,6,11H2,(H,19,23). The number of nitrogens with zero attached hydrogens (tertiary/aromatic N) is 3. The molecule has 0 spiro atoms. The Kier molecular flexibility index (Phi) is 4.60. The van der Waals surface area contributed by atoms with Gasteiger partial charge in [-0.3, -0.25) is 9.59 Å². The molecule has 3 aromatic rings. The molecule has 1 heterocycles. The van der Waals surface area contributed by atoms with E-state index in [1.165, 1.54) is 28.9 Å². The summed E-state index contributed by atoms with van der Waals surface area (Å²) in [6.07, 6.45) is 0.665. The summed E-state index contributed by atoms with van der Waals surface area (Å²) in [5.41, 5.74) is 0.858. The lowest BCUT2D eigenvalue weighted by Crippen LogP contribution is -2.25. The van der Waals surface area contributed by atoms with Crippen molar-refractivity contribution in [3.8, 4) is 0 Å². The maximum atomic E-state index is 12.8. The van der Waals surface area contributed by atoms with E-state index in [4.69, 9.17) is 0 Å². The number of carbonyl (C=O) groups is 1. The first-order chi connectivity index (χ1) is 11.6. The van der Waals surface area contributed by atoms with E-state index in [1.54, 1.807) is 24.3 Å². The highest BCUT2D eigenvalue weighted by Gasteiger charge is 2.07. The molecule has 0 saturated carbocycles. The van der Waals surface area contributed by atoms with Crippen LogP contribution in [0.5, 0.6) is 0 Å². The Hall–Kier alpha value is -3.09. The summed E-state index contributed by atoms with van der Waals surface area (Å²) >= 11 is 0. The van der Waals surface area contributed by atoms with Gasteiger partial charge in [0.1, 0.15) is 11.3 Å². The summed E-state index contributed by atoms with van der Waals surface area (Å²) in [6, 6.07) is 12.5. The molecule has 1 aromatic heterocycles. The number of halogens is 1. The molecule has 0 bridgehead atoms. The first-order valence-corrected chi connectivity index (χ1v) is 7.51. The smallest absolute Gasteiger partial charge is 0.277 e. The average molecular weight is 326 g/mol. The van der Waals surface area contributed by atoms with Crippen molar-refractivity contribution in [2.24, 2.45) is 0 Å². The van der Waals surface area contributed by atoms with Gasteiger partial charge in [-0.05, 0) is 42.8 Å². The van der Waals surface area contributed by atoms with E-state index in [1.807, 2.05) is 0 Å². The molecule has 0 aliphatic rings. The molecule has 0 unspecified atom stereocenters. The first-order valence-electron chi connectivity index (χ1n) is 7.51. The van der Waals surface area contributed by atoms with E-state index in [-0.39, 0.29) is 23.7 Å². The van der Waals surface area contributed by atoms with Gasteiger partial charge in [-0.2, -0.15) is 0 Å². The molecular weight excluding hydrogens is 311 g/mol. The van der Waals surface area contributed by atoms with Crippen LogP contribution in [0.3, 0.4) is 0 Å². The largest absolute Gasteiger partial charge is 0.326 e. The van der Waals surface area contributed by atoms with Gasteiger partial charge >= 0.3 is 0 Å². The summed E-state index contributed by atoms with van der Waals surface area (Å²) in [5.74, 6) is -0.564. The number of carbonyl (C=O) groups excluding carboxylic acids is 1. The van der Waals surface area contributed by atoms with Crippen molar-refractivity contribution < 1.29 is 9.18 Å². The molecule has 1 amide bonds. The molecule has 6 nitrogen and oxygen atoms in total. The van der Waals surface area contributed by atoms with Crippen molar-refractivity contribution in [2.75, 3.05) is 5.32 Å². The maximum absolute atomic E-state index is 12.8. The summed E-state index contributed by atoms with van der Waals surface area (Å²) in [6.45, 7) is 0.299. The summed E-state index contributed by atoms with van der Waals surface area (Å²) in [4.78, 5) is 24.1. The highest BCUT2D eigenvalue weighted by Crippen LogP contribution is 2.09. The van der Waals surface area contributed by atoms with Crippen LogP contribution in [0.2, 0.25) is 0 Å². The second-order valence-corrected chi connectivity index (χ2v) is 5.29. The number of rotatable bonds is 5. The number of aromatic nitrogens is 3. The van der Waals surface area contributed by atoms with Crippen LogP contribution >= 0.6 is 0 Å². The monoisotopic (exact) mass is 326 g/mol. The van der Waals surface area contributed by atoms with Gasteiger partial charge in [0.15, 0.2) is 0 Å². The minimum Gasteiger partial charge on any atom is -0.326 e. The minimum absolute atomic E-state index is 0.205. The van der Waals surface area contributed by atoms with Crippen LogP contribution in [0.25, 0.3) is 10.9 Å². The quantitative estimate of drug-likeness (QED) is 0.781. The number of aryl methyl sites for hydroxylation is 1. The molecular formula is C17H15FN4O2. The Labute approximate surface area is 136 Å². The fourth-order valence-corrected chi connectivity index (χ4v) is 2.32. The van der Waals surface area contributed by atoms with Crippen LogP contribution < -0.4 is 10.9 Å². The van der Waals surface area contributed by atoms with E-state index >= 15 is 0 Å². The molecule has 0 aliphatic heterocycles. The Morgan fingerprint density at radius 1 is 1.12 bits per heavy atom. The second kappa shape index (κ2) is 6.99. The zero-order valence-electron chi connectivity index (χ0n) is 12.8. The van der Waals surface area contributed by atoms with E-state index in [2.05, 4.69) is 15.6 Å². The zero-order chi connectivity index (χ0) is 16.9. The fourth-order valence-electron chi connectivity index (χ4n) is 2.32. The predicted octanol–water partition coefficient (Wildman–Crippen LogP) is 2.35. The molecule has 0 aliphatic carbocycles. The molecule has 0 saturated heterocycles. The Balaban J connectivity index is 1.58. The van der Waals surface area contributed by atoms with Crippen LogP contribution in [-0.2, 0) is 11.3 Å². The van der Waals surface area contributed by atoms with Crippen LogP contribution in [0.1, 0.15) is 12.8 Å². The third-order valence-corrected chi connectivity index (χ3v) is 3.53. The molecule has 7 heteroatoms. The third kappa shape index (κ3) is 3.62. The molecule has 24 heavy (non-hydrogen) atoms. The van der Waals surface area contributed by atoms with Gasteiger partial charge in [-0.1, -0.05) is 17.3 Å². The maximum Gasteiger partial charge on any atom is 0.277 e. The molecule has 0 fully saturated rings. The summed E-state index contributed by atoms with van der Waals surface area (Å²) in [7, 11) is 0. The normalized spacial score (nSPS) is 10.7. The van der Waals surface area contributed by atoms with Crippen LogP contribution in [0, 0.1) is 5.82 Å². The SMILES string of the molecule is O=C(CCCn1nnc2ccccc2c1=O)Nc1ccc(F)cc1. The number of hydrogen-bond acceptors (Lipinski definition) is 4. The molecule has 122 valence electrons. The van der Waals surface area contributed by atoms with Gasteiger partial charge in [0.2, 0.25) is 5.91 Å². The fraction of sp³-hybridized carbons (Fsp3) is 0.176. The van der Waals surface area contributed by atoms with Crippen LogP contribution in [-0.4, -0.2) is 20.9 Å². The zero-order valence-corrected chi connectivity index (χ0v) is 12.8. The molecule has 1 N–H and O–H groups in total. The van der Waals surface area contributed by atoms with Crippen molar-refractivity contribution in [3.63, 3.8) is 0 Å². The third-order valence-electron chi connectivity index (χ3n) is 3.53. The number of nitrogens with one attached hydrogen (secondary N) is 1. The van der Waals surface area contributed by atoms with Crippen LogP contribution in [0.15, 0.2) is 53.3 Å². The second-order valence-electron chi connectivity index (χ2n) is 5.29. The van der Waals surface area contributed by atoms with Crippen molar-refractivity contribution in [2.45, 2.75) is 19.4 Å². The molecule has 2 aromatic carbocycles. The van der Waals surface area contributed by atoms with Crippen molar-refractivity contribution in [3.05, 3.63) is 64.7 Å². The van der Waals surface area contributed by atoms with Gasteiger partial charge in [-0.15, -0.1) is 5.10 Å². The number of hydrogen-bond donors (Lipinski definition) is 1. The number of benzene rings is 2. The summed E-state index contributed by atoms with van der Waals surface area (Å²) in [5, 5.41) is 11.0. The molecule has 3 rings (SSSR count). The van der Waals surface area contributed by atoms with Crippen molar-refractivity contribution >= 4 is 22.5 Å². The van der Waals surface area contributed by atoms with E-state index in [0.29, 0.717) is 29.6 Å². The van der Waals surface area contributed by atoms with Gasteiger partial charge < -0.3 is 5.32 Å². The highest BCUT2D eigenvalue weighted by atomic mass is 19.1. The van der Waals surface area contributed by atoms with Gasteiger partial charge in [0, 0.05) is 18.7 Å². The lowest BCUT2D eigenvalue weighted by Gasteiger charge is -2.06. The number of amides is 1. The number of fused-ring (bicyclic) bond motifs is 1. The van der Waals surface area contributed by atoms with Gasteiger partial charge in [0.25, 0.3) is 5.56 Å². The van der Waals surface area contributed by atoms with E-state index in [0.717, 1.165) is 0 Å². The molecule has 0 atom stereocenters. The van der Waals surface area contributed by atoms with Crippen molar-refractivity contribution in [1.29, 1.82) is 0 Å². The minimum atomic E-state index is -0.359. The van der Waals surface area contributed by atoms with Crippen LogP contribution in [0.4, 0.5) is 10.1 Å². The Morgan fingerprint density at radius 2 is 1.88 bits per heavy atom.